The van der Waals surface area contributed by atoms with E-state index in [1.807, 2.05) is 0 Å². The lowest BCUT2D eigenvalue weighted by molar-refractivity contribution is 0.331. The standard InChI is InChI=1S/C15H22N2/c1-2-8-16-15-7-6-13(11-14(15)5-1)12-17-9-3-4-10-17/h6-7,11,16H,1-5,8-10,12H2. The van der Waals surface area contributed by atoms with E-state index < -0.39 is 0 Å². The Morgan fingerprint density at radius 3 is 2.82 bits per heavy atom. The molecule has 0 amide bonds. The number of rotatable bonds is 2. The third-order valence-corrected chi connectivity index (χ3v) is 3.96. The minimum atomic E-state index is 1.14. The maximum Gasteiger partial charge on any atom is 0.0372 e. The van der Waals surface area contributed by atoms with Gasteiger partial charge >= 0.3 is 0 Å². The maximum absolute atomic E-state index is 3.53. The van der Waals surface area contributed by atoms with Crippen molar-refractivity contribution in [2.24, 2.45) is 0 Å². The van der Waals surface area contributed by atoms with Gasteiger partial charge in [-0.2, -0.15) is 0 Å². The Hall–Kier alpha value is -1.02. The predicted octanol–water partition coefficient (Wildman–Crippen LogP) is 3.03. The first kappa shape index (κ1) is 11.1. The van der Waals surface area contributed by atoms with E-state index in [0.29, 0.717) is 0 Å². The molecule has 1 N–H and O–H groups in total. The lowest BCUT2D eigenvalue weighted by Crippen LogP contribution is -2.18. The second kappa shape index (κ2) is 5.09. The number of hydrogen-bond donors (Lipinski definition) is 1. The molecule has 2 aliphatic rings. The Kier molecular flexibility index (Phi) is 3.32. The molecule has 17 heavy (non-hydrogen) atoms. The maximum atomic E-state index is 3.53. The molecule has 0 saturated carbocycles. The van der Waals surface area contributed by atoms with E-state index in [1.165, 1.54) is 62.0 Å². The van der Waals surface area contributed by atoms with Crippen LogP contribution in [0.4, 0.5) is 5.69 Å². The van der Waals surface area contributed by atoms with Gasteiger partial charge in [0, 0.05) is 18.8 Å². The highest BCUT2D eigenvalue weighted by molar-refractivity contribution is 5.53. The zero-order chi connectivity index (χ0) is 11.5. The fraction of sp³-hybridized carbons (Fsp3) is 0.600. The zero-order valence-corrected chi connectivity index (χ0v) is 10.5. The van der Waals surface area contributed by atoms with Gasteiger partial charge in [-0.15, -0.1) is 0 Å². The minimum Gasteiger partial charge on any atom is -0.385 e. The molecule has 2 nitrogen and oxygen atoms in total. The van der Waals surface area contributed by atoms with E-state index in [0.717, 1.165) is 13.1 Å². The number of likely N-dealkylation sites (tertiary alicyclic amines) is 1. The first-order chi connectivity index (χ1) is 8.42. The third kappa shape index (κ3) is 2.63. The van der Waals surface area contributed by atoms with Gasteiger partial charge in [-0.3, -0.25) is 4.90 Å². The van der Waals surface area contributed by atoms with E-state index in [2.05, 4.69) is 28.4 Å². The summed E-state index contributed by atoms with van der Waals surface area (Å²) in [5, 5.41) is 3.53. The first-order valence-corrected chi connectivity index (χ1v) is 7.00. The van der Waals surface area contributed by atoms with Crippen molar-refractivity contribution in [3.05, 3.63) is 29.3 Å². The van der Waals surface area contributed by atoms with E-state index in [-0.39, 0.29) is 0 Å². The van der Waals surface area contributed by atoms with Gasteiger partial charge in [-0.1, -0.05) is 12.1 Å². The van der Waals surface area contributed by atoms with Gasteiger partial charge in [0.15, 0.2) is 0 Å². The number of aryl methyl sites for hydroxylation is 1. The minimum absolute atomic E-state index is 1.14. The zero-order valence-electron chi connectivity index (χ0n) is 10.5. The van der Waals surface area contributed by atoms with Crippen molar-refractivity contribution < 1.29 is 0 Å². The van der Waals surface area contributed by atoms with Crippen molar-refractivity contribution in [2.45, 2.75) is 38.6 Å². The highest BCUT2D eigenvalue weighted by Gasteiger charge is 2.13. The van der Waals surface area contributed by atoms with Gasteiger partial charge < -0.3 is 5.32 Å². The molecule has 2 heteroatoms. The molecule has 92 valence electrons. The van der Waals surface area contributed by atoms with Crippen LogP contribution in [0.15, 0.2) is 18.2 Å². The normalized spacial score (nSPS) is 20.7. The molecule has 0 bridgehead atoms. The molecule has 0 spiro atoms. The highest BCUT2D eigenvalue weighted by atomic mass is 15.1. The van der Waals surface area contributed by atoms with Crippen LogP contribution >= 0.6 is 0 Å². The number of anilines is 1. The van der Waals surface area contributed by atoms with Gasteiger partial charge in [0.25, 0.3) is 0 Å². The fourth-order valence-corrected chi connectivity index (χ4v) is 2.99. The molecule has 2 aliphatic heterocycles. The van der Waals surface area contributed by atoms with Crippen molar-refractivity contribution >= 4 is 5.69 Å². The van der Waals surface area contributed by atoms with E-state index in [9.17, 15) is 0 Å². The summed E-state index contributed by atoms with van der Waals surface area (Å²) in [4.78, 5) is 2.58. The Balaban J connectivity index is 1.74. The summed E-state index contributed by atoms with van der Waals surface area (Å²) in [6.45, 7) is 4.86. The van der Waals surface area contributed by atoms with Crippen LogP contribution in [0.5, 0.6) is 0 Å². The van der Waals surface area contributed by atoms with Crippen molar-refractivity contribution in [2.75, 3.05) is 25.0 Å². The van der Waals surface area contributed by atoms with Crippen molar-refractivity contribution in [3.63, 3.8) is 0 Å². The van der Waals surface area contributed by atoms with Gasteiger partial charge in [-0.05, 0) is 62.4 Å². The summed E-state index contributed by atoms with van der Waals surface area (Å²) in [6, 6.07) is 7.01. The predicted molar refractivity (Wildman–Crippen MR) is 72.4 cm³/mol. The van der Waals surface area contributed by atoms with Crippen LogP contribution in [0.3, 0.4) is 0 Å². The van der Waals surface area contributed by atoms with Crippen LogP contribution in [0.2, 0.25) is 0 Å². The molecule has 1 aromatic carbocycles. The number of fused-ring (bicyclic) bond motifs is 1. The molecule has 0 unspecified atom stereocenters. The van der Waals surface area contributed by atoms with Crippen molar-refractivity contribution in [3.8, 4) is 0 Å². The number of hydrogen-bond acceptors (Lipinski definition) is 2. The molecule has 1 fully saturated rings. The Morgan fingerprint density at radius 2 is 1.94 bits per heavy atom. The van der Waals surface area contributed by atoms with Gasteiger partial charge in [0.05, 0.1) is 0 Å². The summed E-state index contributed by atoms with van der Waals surface area (Å²) in [6.07, 6.45) is 6.64. The largest absolute Gasteiger partial charge is 0.385 e. The summed E-state index contributed by atoms with van der Waals surface area (Å²) in [5.41, 5.74) is 4.39. The molecule has 1 aromatic rings. The molecule has 0 aromatic heterocycles. The second-order valence-electron chi connectivity index (χ2n) is 5.36. The molecule has 2 heterocycles. The van der Waals surface area contributed by atoms with E-state index in [1.54, 1.807) is 0 Å². The quantitative estimate of drug-likeness (QED) is 0.840. The molecule has 0 atom stereocenters. The van der Waals surface area contributed by atoms with Crippen LogP contribution in [-0.2, 0) is 13.0 Å². The summed E-state index contributed by atoms with van der Waals surface area (Å²) in [7, 11) is 0. The topological polar surface area (TPSA) is 15.3 Å². The molecule has 3 rings (SSSR count). The van der Waals surface area contributed by atoms with Crippen LogP contribution in [-0.4, -0.2) is 24.5 Å². The van der Waals surface area contributed by atoms with E-state index >= 15 is 0 Å². The Morgan fingerprint density at radius 1 is 1.06 bits per heavy atom. The van der Waals surface area contributed by atoms with Crippen molar-refractivity contribution in [1.82, 2.24) is 4.90 Å². The lowest BCUT2D eigenvalue weighted by Gasteiger charge is -2.16. The number of nitrogens with one attached hydrogen (secondary N) is 1. The molecular formula is C15H22N2. The van der Waals surface area contributed by atoms with E-state index in [4.69, 9.17) is 0 Å². The second-order valence-corrected chi connectivity index (χ2v) is 5.36. The summed E-state index contributed by atoms with van der Waals surface area (Å²) in [5.74, 6) is 0. The van der Waals surface area contributed by atoms with Gasteiger partial charge in [0.1, 0.15) is 0 Å². The third-order valence-electron chi connectivity index (χ3n) is 3.96. The molecule has 1 saturated heterocycles. The number of benzene rings is 1. The highest BCUT2D eigenvalue weighted by Crippen LogP contribution is 2.24. The fourth-order valence-electron chi connectivity index (χ4n) is 2.99. The average molecular weight is 230 g/mol. The number of nitrogens with zero attached hydrogens (tertiary/aromatic N) is 1. The van der Waals surface area contributed by atoms with Crippen LogP contribution in [0, 0.1) is 0 Å². The average Bonchev–Trinajstić information content (AvgIpc) is 2.73. The summed E-state index contributed by atoms with van der Waals surface area (Å²) >= 11 is 0. The van der Waals surface area contributed by atoms with Gasteiger partial charge in [-0.25, -0.2) is 0 Å². The van der Waals surface area contributed by atoms with Crippen LogP contribution < -0.4 is 5.32 Å². The first-order valence-electron chi connectivity index (χ1n) is 7.00. The Bertz CT molecular complexity index is 381. The van der Waals surface area contributed by atoms with Crippen LogP contribution in [0.25, 0.3) is 0 Å². The Labute approximate surface area is 104 Å². The van der Waals surface area contributed by atoms with Crippen molar-refractivity contribution in [1.29, 1.82) is 0 Å². The SMILES string of the molecule is c1cc2c(cc1CN1CCCC1)CCCCN2. The smallest absolute Gasteiger partial charge is 0.0372 e. The molecule has 0 radical (unpaired) electrons. The van der Waals surface area contributed by atoms with Crippen LogP contribution in [0.1, 0.15) is 36.8 Å². The monoisotopic (exact) mass is 230 g/mol. The summed E-state index contributed by atoms with van der Waals surface area (Å²) < 4.78 is 0. The van der Waals surface area contributed by atoms with Gasteiger partial charge in [0.2, 0.25) is 0 Å². The molecule has 0 aliphatic carbocycles. The molecular weight excluding hydrogens is 208 g/mol. The lowest BCUT2D eigenvalue weighted by atomic mass is 10.0.